The van der Waals surface area contributed by atoms with Gasteiger partial charge in [-0.3, -0.25) is 4.79 Å². The molecule has 0 aliphatic rings. The standard InChI is InChI=1S/C10H12ClNOS/c1-12-6-10(13)8-5-7(14-2)3-4-9(8)11/h3-5,12H,6H2,1-2H3. The van der Waals surface area contributed by atoms with Crippen molar-refractivity contribution in [2.75, 3.05) is 19.8 Å². The number of carbonyl (C=O) groups excluding carboxylic acids is 1. The van der Waals surface area contributed by atoms with Crippen molar-refractivity contribution in [3.8, 4) is 0 Å². The summed E-state index contributed by atoms with van der Waals surface area (Å²) in [4.78, 5) is 12.6. The maximum Gasteiger partial charge on any atom is 0.178 e. The SMILES string of the molecule is CNCC(=O)c1cc(SC)ccc1Cl. The number of hydrogen-bond donors (Lipinski definition) is 1. The third-order valence-corrected chi connectivity index (χ3v) is 2.87. The van der Waals surface area contributed by atoms with Crippen LogP contribution in [0.5, 0.6) is 0 Å². The van der Waals surface area contributed by atoms with Crippen molar-refractivity contribution >= 4 is 29.1 Å². The Morgan fingerprint density at radius 1 is 1.57 bits per heavy atom. The molecular formula is C10H12ClNOS. The zero-order valence-electron chi connectivity index (χ0n) is 8.13. The molecule has 0 aromatic heterocycles. The first-order valence-corrected chi connectivity index (χ1v) is 5.80. The van der Waals surface area contributed by atoms with Crippen LogP contribution in [0.3, 0.4) is 0 Å². The van der Waals surface area contributed by atoms with Gasteiger partial charge in [0.25, 0.3) is 0 Å². The molecule has 14 heavy (non-hydrogen) atoms. The smallest absolute Gasteiger partial charge is 0.178 e. The third kappa shape index (κ3) is 2.74. The Labute approximate surface area is 93.0 Å². The fourth-order valence-electron chi connectivity index (χ4n) is 1.10. The average molecular weight is 230 g/mol. The first-order valence-electron chi connectivity index (χ1n) is 4.20. The second-order valence-electron chi connectivity index (χ2n) is 2.80. The molecule has 1 aromatic rings. The predicted octanol–water partition coefficient (Wildman–Crippen LogP) is 2.46. The minimum atomic E-state index is 0.0217. The molecule has 1 N–H and O–H groups in total. The number of halogens is 1. The van der Waals surface area contributed by atoms with Gasteiger partial charge in [0.05, 0.1) is 11.6 Å². The van der Waals surface area contributed by atoms with Gasteiger partial charge in [-0.05, 0) is 31.5 Å². The van der Waals surface area contributed by atoms with Gasteiger partial charge in [0.2, 0.25) is 0 Å². The lowest BCUT2D eigenvalue weighted by atomic mass is 10.1. The number of Topliss-reactive ketones (excluding diaryl/α,β-unsaturated/α-hetero) is 1. The van der Waals surface area contributed by atoms with Crippen molar-refractivity contribution in [3.05, 3.63) is 28.8 Å². The van der Waals surface area contributed by atoms with Gasteiger partial charge in [-0.15, -0.1) is 11.8 Å². The number of rotatable bonds is 4. The lowest BCUT2D eigenvalue weighted by Gasteiger charge is -2.04. The Balaban J connectivity index is 2.99. The molecule has 0 spiro atoms. The van der Waals surface area contributed by atoms with E-state index in [0.717, 1.165) is 4.90 Å². The number of ketones is 1. The second kappa shape index (κ2) is 5.39. The molecule has 0 radical (unpaired) electrons. The number of thioether (sulfide) groups is 1. The van der Waals surface area contributed by atoms with Gasteiger partial charge < -0.3 is 5.32 Å². The van der Waals surface area contributed by atoms with Gasteiger partial charge in [-0.1, -0.05) is 11.6 Å². The van der Waals surface area contributed by atoms with E-state index >= 15 is 0 Å². The molecule has 0 fully saturated rings. The number of nitrogens with one attached hydrogen (secondary N) is 1. The van der Waals surface area contributed by atoms with Gasteiger partial charge >= 0.3 is 0 Å². The topological polar surface area (TPSA) is 29.1 Å². The Bertz CT molecular complexity index is 341. The number of carbonyl (C=O) groups is 1. The van der Waals surface area contributed by atoms with Crippen LogP contribution in [0.15, 0.2) is 23.1 Å². The van der Waals surface area contributed by atoms with E-state index in [1.807, 2.05) is 18.4 Å². The minimum absolute atomic E-state index is 0.0217. The van der Waals surface area contributed by atoms with E-state index < -0.39 is 0 Å². The average Bonchev–Trinajstić information content (AvgIpc) is 2.19. The molecule has 2 nitrogen and oxygen atoms in total. The first-order chi connectivity index (χ1) is 6.69. The number of hydrogen-bond acceptors (Lipinski definition) is 3. The highest BCUT2D eigenvalue weighted by Gasteiger charge is 2.09. The molecule has 0 aliphatic heterocycles. The zero-order chi connectivity index (χ0) is 10.6. The minimum Gasteiger partial charge on any atom is -0.313 e. The molecule has 76 valence electrons. The lowest BCUT2D eigenvalue weighted by molar-refractivity contribution is 0.0993. The summed E-state index contributed by atoms with van der Waals surface area (Å²) >= 11 is 7.52. The number of benzene rings is 1. The van der Waals surface area contributed by atoms with E-state index in [1.165, 1.54) is 0 Å². The predicted molar refractivity (Wildman–Crippen MR) is 61.5 cm³/mol. The molecule has 1 rings (SSSR count). The molecule has 0 unspecified atom stereocenters. The van der Waals surface area contributed by atoms with Crippen LogP contribution in [-0.2, 0) is 0 Å². The maximum atomic E-state index is 11.6. The van der Waals surface area contributed by atoms with Crippen LogP contribution in [0.25, 0.3) is 0 Å². The quantitative estimate of drug-likeness (QED) is 0.635. The van der Waals surface area contributed by atoms with Crippen LogP contribution >= 0.6 is 23.4 Å². The first kappa shape index (κ1) is 11.6. The van der Waals surface area contributed by atoms with Crippen LogP contribution in [-0.4, -0.2) is 25.6 Å². The van der Waals surface area contributed by atoms with E-state index in [2.05, 4.69) is 5.32 Å². The summed E-state index contributed by atoms with van der Waals surface area (Å²) in [6, 6.07) is 5.49. The molecular weight excluding hydrogens is 218 g/mol. The van der Waals surface area contributed by atoms with Crippen LogP contribution in [0.4, 0.5) is 0 Å². The van der Waals surface area contributed by atoms with Gasteiger partial charge in [-0.2, -0.15) is 0 Å². The molecule has 0 bridgehead atoms. The van der Waals surface area contributed by atoms with E-state index in [-0.39, 0.29) is 5.78 Å². The Kier molecular flexibility index (Phi) is 4.45. The summed E-state index contributed by atoms with van der Waals surface area (Å²) in [6.45, 7) is 0.317. The van der Waals surface area contributed by atoms with Gasteiger partial charge in [-0.25, -0.2) is 0 Å². The van der Waals surface area contributed by atoms with Crippen molar-refractivity contribution in [1.82, 2.24) is 5.32 Å². The molecule has 4 heteroatoms. The van der Waals surface area contributed by atoms with E-state index in [4.69, 9.17) is 11.6 Å². The Morgan fingerprint density at radius 3 is 2.86 bits per heavy atom. The van der Waals surface area contributed by atoms with E-state index in [0.29, 0.717) is 17.1 Å². The lowest BCUT2D eigenvalue weighted by Crippen LogP contribution is -2.18. The van der Waals surface area contributed by atoms with Crippen LogP contribution in [0.2, 0.25) is 5.02 Å². The zero-order valence-corrected chi connectivity index (χ0v) is 9.71. The molecule has 0 aliphatic carbocycles. The molecule has 0 atom stereocenters. The molecule has 0 amide bonds. The van der Waals surface area contributed by atoms with E-state index in [9.17, 15) is 4.79 Å². The largest absolute Gasteiger partial charge is 0.313 e. The second-order valence-corrected chi connectivity index (χ2v) is 4.09. The molecule has 1 aromatic carbocycles. The highest BCUT2D eigenvalue weighted by atomic mass is 35.5. The summed E-state index contributed by atoms with van der Waals surface area (Å²) in [5, 5.41) is 3.33. The van der Waals surface area contributed by atoms with Crippen LogP contribution in [0.1, 0.15) is 10.4 Å². The summed E-state index contributed by atoms with van der Waals surface area (Å²) in [6.07, 6.45) is 1.97. The highest BCUT2D eigenvalue weighted by Crippen LogP contribution is 2.23. The van der Waals surface area contributed by atoms with Gasteiger partial charge in [0, 0.05) is 10.5 Å². The Morgan fingerprint density at radius 2 is 2.29 bits per heavy atom. The van der Waals surface area contributed by atoms with Crippen LogP contribution in [0, 0.1) is 0 Å². The van der Waals surface area contributed by atoms with E-state index in [1.54, 1.807) is 24.9 Å². The fourth-order valence-corrected chi connectivity index (χ4v) is 1.76. The van der Waals surface area contributed by atoms with Crippen molar-refractivity contribution in [3.63, 3.8) is 0 Å². The third-order valence-electron chi connectivity index (χ3n) is 1.81. The van der Waals surface area contributed by atoms with Crippen molar-refractivity contribution in [1.29, 1.82) is 0 Å². The summed E-state index contributed by atoms with van der Waals surface area (Å²) in [5.41, 5.74) is 0.591. The molecule has 0 saturated heterocycles. The Hall–Kier alpha value is -0.510. The summed E-state index contributed by atoms with van der Waals surface area (Å²) < 4.78 is 0. The monoisotopic (exact) mass is 229 g/mol. The molecule has 0 saturated carbocycles. The number of likely N-dealkylation sites (N-methyl/N-ethyl adjacent to an activating group) is 1. The van der Waals surface area contributed by atoms with Gasteiger partial charge in [0.1, 0.15) is 0 Å². The summed E-state index contributed by atoms with van der Waals surface area (Å²) in [7, 11) is 1.74. The normalized spacial score (nSPS) is 10.2. The highest BCUT2D eigenvalue weighted by molar-refractivity contribution is 7.98. The van der Waals surface area contributed by atoms with Crippen molar-refractivity contribution < 1.29 is 4.79 Å². The fraction of sp³-hybridized carbons (Fsp3) is 0.300. The van der Waals surface area contributed by atoms with Gasteiger partial charge in [0.15, 0.2) is 5.78 Å². The van der Waals surface area contributed by atoms with Crippen molar-refractivity contribution in [2.24, 2.45) is 0 Å². The molecule has 0 heterocycles. The van der Waals surface area contributed by atoms with Crippen molar-refractivity contribution in [2.45, 2.75) is 4.90 Å². The van der Waals surface area contributed by atoms with Crippen LogP contribution < -0.4 is 5.32 Å². The summed E-state index contributed by atoms with van der Waals surface area (Å²) in [5.74, 6) is 0.0217. The maximum absolute atomic E-state index is 11.6.